The highest BCUT2D eigenvalue weighted by atomic mass is 35.5. The molecule has 8 rings (SSSR count). The second kappa shape index (κ2) is 24.2. The zero-order valence-corrected chi connectivity index (χ0v) is 39.3. The van der Waals surface area contributed by atoms with Crippen molar-refractivity contribution in [3.8, 4) is 11.3 Å². The van der Waals surface area contributed by atoms with E-state index in [9.17, 15) is 32.8 Å². The molecular formula is C51H51ClF2N8O9. The van der Waals surface area contributed by atoms with Crippen LogP contribution in [0.4, 0.5) is 26.1 Å². The molecule has 3 aliphatic rings. The first-order valence-corrected chi connectivity index (χ1v) is 23.6. The third-order valence-corrected chi connectivity index (χ3v) is 12.0. The van der Waals surface area contributed by atoms with Crippen LogP contribution in [0.25, 0.3) is 11.3 Å². The minimum atomic E-state index is -0.740. The van der Waals surface area contributed by atoms with Crippen molar-refractivity contribution in [3.63, 3.8) is 0 Å². The lowest BCUT2D eigenvalue weighted by atomic mass is 9.95. The van der Waals surface area contributed by atoms with Crippen molar-refractivity contribution >= 4 is 64.2 Å². The van der Waals surface area contributed by atoms with Crippen LogP contribution in [0.3, 0.4) is 0 Å². The average molecular weight is 993 g/mol. The molecule has 5 aromatic rings. The number of ether oxygens (including phenoxy) is 4. The summed E-state index contributed by atoms with van der Waals surface area (Å²) in [6, 6.07) is 19.9. The average Bonchev–Trinajstić information content (AvgIpc) is 3.61. The van der Waals surface area contributed by atoms with Gasteiger partial charge in [0.15, 0.2) is 0 Å². The number of fused-ring (bicyclic) bond motifs is 4. The van der Waals surface area contributed by atoms with E-state index in [0.717, 1.165) is 0 Å². The Bertz CT molecular complexity index is 2800. The summed E-state index contributed by atoms with van der Waals surface area (Å²) in [5, 5.41) is 11.6. The van der Waals surface area contributed by atoms with E-state index in [-0.39, 0.29) is 73.2 Å². The van der Waals surface area contributed by atoms with E-state index in [2.05, 4.69) is 31.2 Å². The van der Waals surface area contributed by atoms with Crippen molar-refractivity contribution in [1.29, 1.82) is 0 Å². The van der Waals surface area contributed by atoms with Gasteiger partial charge in [-0.15, -0.1) is 0 Å². The molecule has 1 aromatic heterocycles. The number of hydrogen-bond donors (Lipinski definition) is 4. The number of imide groups is 1. The van der Waals surface area contributed by atoms with E-state index >= 15 is 0 Å². The topological polar surface area (TPSA) is 212 Å². The van der Waals surface area contributed by atoms with Crippen molar-refractivity contribution in [2.24, 2.45) is 4.99 Å². The number of carbonyl (C=O) groups is 5. The summed E-state index contributed by atoms with van der Waals surface area (Å²) < 4.78 is 52.1. The van der Waals surface area contributed by atoms with Gasteiger partial charge < -0.3 is 39.8 Å². The van der Waals surface area contributed by atoms with Gasteiger partial charge in [-0.25, -0.2) is 18.7 Å². The largest absolute Gasteiger partial charge is 0.379 e. The summed E-state index contributed by atoms with van der Waals surface area (Å²) in [7, 11) is 0. The quantitative estimate of drug-likeness (QED) is 0.0406. The van der Waals surface area contributed by atoms with Gasteiger partial charge in [-0.3, -0.25) is 34.3 Å². The number of hydrogen-bond acceptors (Lipinski definition) is 13. The van der Waals surface area contributed by atoms with Gasteiger partial charge >= 0.3 is 0 Å². The molecule has 71 heavy (non-hydrogen) atoms. The molecule has 370 valence electrons. The molecule has 17 nitrogen and oxygen atoms in total. The Morgan fingerprint density at radius 2 is 1.51 bits per heavy atom. The summed E-state index contributed by atoms with van der Waals surface area (Å²) in [4.78, 5) is 77.7. The lowest BCUT2D eigenvalue weighted by molar-refractivity contribution is -0.137. The molecule has 0 radical (unpaired) electrons. The SMILES string of the molecule is O=C1CCC(N2Cc3c(NC(=O)CCCCOCCOCCOCCOCCNC(=O)c4ccc(Nc5ncc6c(n5)-c5ccc(Cl)cc5C(c5c(F)cccc5F)=NC6)cc4)cccc3C2=O)C(=O)N1. The number of unbranched alkanes of at least 4 members (excludes halogenated alkanes) is 1. The maximum absolute atomic E-state index is 14.9. The van der Waals surface area contributed by atoms with Crippen LogP contribution in [0, 0.1) is 11.6 Å². The Balaban J connectivity index is 0.644. The Hall–Kier alpha value is -7.03. The first-order valence-electron chi connectivity index (χ1n) is 23.2. The van der Waals surface area contributed by atoms with Crippen LogP contribution in [-0.2, 0) is 46.4 Å². The second-order valence-corrected chi connectivity index (χ2v) is 17.1. The Kier molecular flexibility index (Phi) is 17.2. The van der Waals surface area contributed by atoms with Crippen LogP contribution < -0.4 is 21.3 Å². The molecule has 20 heteroatoms. The molecule has 0 saturated carbocycles. The van der Waals surface area contributed by atoms with Crippen LogP contribution in [0.5, 0.6) is 0 Å². The lowest BCUT2D eigenvalue weighted by Crippen LogP contribution is -2.52. The lowest BCUT2D eigenvalue weighted by Gasteiger charge is -2.29. The van der Waals surface area contributed by atoms with E-state index in [0.29, 0.717) is 128 Å². The number of piperidine rings is 1. The molecular weight excluding hydrogens is 942 g/mol. The Morgan fingerprint density at radius 3 is 2.24 bits per heavy atom. The fourth-order valence-electron chi connectivity index (χ4n) is 8.26. The number of aromatic nitrogens is 2. The molecule has 1 fully saturated rings. The minimum absolute atomic E-state index is 0.0879. The van der Waals surface area contributed by atoms with Crippen molar-refractivity contribution in [1.82, 2.24) is 25.5 Å². The second-order valence-electron chi connectivity index (χ2n) is 16.7. The van der Waals surface area contributed by atoms with E-state index in [1.807, 2.05) is 0 Å². The number of benzene rings is 4. The number of nitrogens with zero attached hydrogens (tertiary/aromatic N) is 4. The predicted octanol–water partition coefficient (Wildman–Crippen LogP) is 6.54. The van der Waals surface area contributed by atoms with Crippen molar-refractivity contribution in [3.05, 3.63) is 135 Å². The van der Waals surface area contributed by atoms with Gasteiger partial charge in [-0.2, -0.15) is 0 Å². The van der Waals surface area contributed by atoms with Crippen molar-refractivity contribution < 1.29 is 51.7 Å². The fourth-order valence-corrected chi connectivity index (χ4v) is 8.43. The fraction of sp³-hybridized carbons (Fsp3) is 0.333. The van der Waals surface area contributed by atoms with Crippen LogP contribution in [0.15, 0.2) is 90.1 Å². The zero-order chi connectivity index (χ0) is 49.7. The maximum atomic E-state index is 14.9. The van der Waals surface area contributed by atoms with E-state index < -0.39 is 23.6 Å². The summed E-state index contributed by atoms with van der Waals surface area (Å²) in [5.41, 5.74) is 4.82. The van der Waals surface area contributed by atoms with Crippen molar-refractivity contribution in [2.45, 2.75) is 51.2 Å². The van der Waals surface area contributed by atoms with Gasteiger partial charge in [-0.1, -0.05) is 29.8 Å². The van der Waals surface area contributed by atoms with Gasteiger partial charge in [0, 0.05) is 88.5 Å². The number of rotatable bonds is 23. The van der Waals surface area contributed by atoms with Crippen LogP contribution in [0.1, 0.15) is 75.1 Å². The Labute approximate surface area is 412 Å². The zero-order valence-electron chi connectivity index (χ0n) is 38.6. The van der Waals surface area contributed by atoms with Gasteiger partial charge in [0.1, 0.15) is 17.7 Å². The van der Waals surface area contributed by atoms with Gasteiger partial charge in [-0.05, 0) is 79.9 Å². The standard InChI is InChI=1S/C51H51ClF2N8O9/c52-33-12-15-35-37(27-33)47(45-39(53)6-4-7-40(45)54)56-28-32-29-57-51(61-46(32)35)58-34-13-10-31(11-14-34)48(65)55-18-20-69-22-24-71-26-25-70-23-21-68-19-2-1-9-43(63)59-41-8-3-5-36-38(41)30-62(50(36)67)42-16-17-44(64)60-49(42)66/h3-8,10-15,27,29,42H,1-2,9,16-26,28,30H2,(H,55,65)(H,59,63)(H,57,58,61)(H,60,64,66). The molecule has 1 unspecified atom stereocenters. The summed E-state index contributed by atoms with van der Waals surface area (Å²) in [6.07, 6.45) is 3.60. The number of aliphatic imine (C=N–C) groups is 1. The molecule has 4 heterocycles. The first-order chi connectivity index (χ1) is 34.5. The number of carbonyl (C=O) groups excluding carboxylic acids is 5. The van der Waals surface area contributed by atoms with Gasteiger partial charge in [0.25, 0.3) is 11.8 Å². The number of anilines is 3. The number of nitrogens with one attached hydrogen (secondary N) is 4. The number of amides is 5. The highest BCUT2D eigenvalue weighted by Gasteiger charge is 2.40. The molecule has 0 bridgehead atoms. The highest BCUT2D eigenvalue weighted by Crippen LogP contribution is 2.36. The predicted molar refractivity (Wildman–Crippen MR) is 258 cm³/mol. The molecule has 4 aromatic carbocycles. The number of halogens is 3. The van der Waals surface area contributed by atoms with E-state index in [1.54, 1.807) is 66.9 Å². The summed E-state index contributed by atoms with van der Waals surface area (Å²) >= 11 is 6.34. The summed E-state index contributed by atoms with van der Waals surface area (Å²) in [6.45, 7) is 3.59. The highest BCUT2D eigenvalue weighted by molar-refractivity contribution is 6.31. The maximum Gasteiger partial charge on any atom is 0.255 e. The molecule has 0 spiro atoms. The third-order valence-electron chi connectivity index (χ3n) is 11.8. The van der Waals surface area contributed by atoms with Gasteiger partial charge in [0.05, 0.1) is 69.8 Å². The molecule has 4 N–H and O–H groups in total. The molecule has 1 atom stereocenters. The normalized spacial score (nSPS) is 15.0. The first kappa shape index (κ1) is 50.4. The minimum Gasteiger partial charge on any atom is -0.379 e. The molecule has 5 amide bonds. The molecule has 3 aliphatic heterocycles. The molecule has 1 saturated heterocycles. The van der Waals surface area contributed by atoms with E-state index in [4.69, 9.17) is 35.5 Å². The molecule has 0 aliphatic carbocycles. The Morgan fingerprint density at radius 1 is 0.803 bits per heavy atom. The van der Waals surface area contributed by atoms with E-state index in [1.165, 1.54) is 23.1 Å². The van der Waals surface area contributed by atoms with Crippen molar-refractivity contribution in [2.75, 3.05) is 70.0 Å². The van der Waals surface area contributed by atoms with Crippen LogP contribution in [0.2, 0.25) is 5.02 Å². The smallest absolute Gasteiger partial charge is 0.255 e. The monoisotopic (exact) mass is 992 g/mol. The van der Waals surface area contributed by atoms with Gasteiger partial charge in [0.2, 0.25) is 23.7 Å². The summed E-state index contributed by atoms with van der Waals surface area (Å²) in [5.74, 6) is -2.79. The van der Waals surface area contributed by atoms with Crippen LogP contribution >= 0.6 is 11.6 Å². The van der Waals surface area contributed by atoms with Crippen LogP contribution in [-0.4, -0.2) is 116 Å². The third kappa shape index (κ3) is 12.8.